The van der Waals surface area contributed by atoms with Crippen LogP contribution in [0.3, 0.4) is 0 Å². The predicted molar refractivity (Wildman–Crippen MR) is 65.9 cm³/mol. The fraction of sp³-hybridized carbons (Fsp3) is 0.250. The lowest BCUT2D eigenvalue weighted by Crippen LogP contribution is -2.23. The minimum atomic E-state index is -3.67. The summed E-state index contributed by atoms with van der Waals surface area (Å²) < 4.78 is 31.8. The predicted octanol–water partition coefficient (Wildman–Crippen LogP) is 1.98. The van der Waals surface area contributed by atoms with Crippen molar-refractivity contribution in [3.05, 3.63) is 36.1 Å². The van der Waals surface area contributed by atoms with Crippen molar-refractivity contribution >= 4 is 26.9 Å². The first kappa shape index (κ1) is 12.8. The van der Waals surface area contributed by atoms with E-state index in [1.165, 1.54) is 6.92 Å². The van der Waals surface area contributed by atoms with Crippen molar-refractivity contribution in [2.24, 2.45) is 0 Å². The second kappa shape index (κ2) is 4.55. The van der Waals surface area contributed by atoms with Crippen LogP contribution in [0.5, 0.6) is 0 Å². The van der Waals surface area contributed by atoms with E-state index in [0.29, 0.717) is 5.58 Å². The van der Waals surface area contributed by atoms with Crippen LogP contribution in [0.4, 0.5) is 0 Å². The third-order valence-corrected chi connectivity index (χ3v) is 2.99. The molecule has 0 spiro atoms. The number of carbonyl (C=O) groups excluding carboxylic acids is 1. The fourth-order valence-corrected chi connectivity index (χ4v) is 2.22. The number of carbonyl (C=O) groups is 1. The Bertz CT molecular complexity index is 650. The average Bonchev–Trinajstić information content (AvgIpc) is 2.68. The van der Waals surface area contributed by atoms with Gasteiger partial charge >= 0.3 is 0 Å². The fourth-order valence-electron chi connectivity index (χ4n) is 1.61. The van der Waals surface area contributed by atoms with Crippen LogP contribution in [0.1, 0.15) is 17.5 Å². The monoisotopic (exact) mass is 268 g/mol. The average molecular weight is 268 g/mol. The first-order chi connectivity index (χ1) is 8.37. The topological polar surface area (TPSA) is 73.6 Å². The van der Waals surface area contributed by atoms with Crippen molar-refractivity contribution in [3.63, 3.8) is 0 Å². The van der Waals surface area contributed by atoms with Crippen molar-refractivity contribution in [1.82, 2.24) is 0 Å². The van der Waals surface area contributed by atoms with Gasteiger partial charge in [-0.3, -0.25) is 8.98 Å². The summed E-state index contributed by atoms with van der Waals surface area (Å²) in [5.41, 5.74) is 0.576. The molecule has 0 radical (unpaired) electrons. The number of para-hydroxylation sites is 1. The highest BCUT2D eigenvalue weighted by molar-refractivity contribution is 7.86. The van der Waals surface area contributed by atoms with Gasteiger partial charge in [0.2, 0.25) is 5.78 Å². The molecular weight excluding hydrogens is 256 g/mol. The van der Waals surface area contributed by atoms with Gasteiger partial charge in [0.25, 0.3) is 10.1 Å². The third kappa shape index (κ3) is 2.77. The summed E-state index contributed by atoms with van der Waals surface area (Å²) in [5, 5.41) is 0.785. The Hall–Kier alpha value is -1.66. The van der Waals surface area contributed by atoms with Crippen LogP contribution in [-0.4, -0.2) is 26.6 Å². The highest BCUT2D eigenvalue weighted by Gasteiger charge is 2.23. The number of fused-ring (bicyclic) bond motifs is 1. The standard InChI is InChI=1S/C12H12O5S/c1-8(17-18(2,14)15)12(13)11-7-9-5-3-4-6-10(9)16-11/h3-8H,1-2H3/t8-/m0/s1. The quantitative estimate of drug-likeness (QED) is 0.626. The van der Waals surface area contributed by atoms with Gasteiger partial charge in [0.15, 0.2) is 5.76 Å². The van der Waals surface area contributed by atoms with Crippen LogP contribution in [0.2, 0.25) is 0 Å². The van der Waals surface area contributed by atoms with Crippen LogP contribution < -0.4 is 0 Å². The zero-order chi connectivity index (χ0) is 13.3. The van der Waals surface area contributed by atoms with Crippen LogP contribution in [-0.2, 0) is 14.3 Å². The first-order valence-corrected chi connectivity index (χ1v) is 7.09. The van der Waals surface area contributed by atoms with E-state index in [4.69, 9.17) is 4.42 Å². The Morgan fingerprint density at radius 1 is 1.33 bits per heavy atom. The molecule has 0 N–H and O–H groups in total. The van der Waals surface area contributed by atoms with Crippen molar-refractivity contribution < 1.29 is 21.8 Å². The zero-order valence-corrected chi connectivity index (χ0v) is 10.7. The maximum atomic E-state index is 11.9. The summed E-state index contributed by atoms with van der Waals surface area (Å²) in [5.74, 6) is -0.413. The maximum Gasteiger partial charge on any atom is 0.265 e. The molecular formula is C12H12O5S. The minimum Gasteiger partial charge on any atom is -0.453 e. The summed E-state index contributed by atoms with van der Waals surface area (Å²) in [6, 6.07) is 8.71. The van der Waals surface area contributed by atoms with Gasteiger partial charge < -0.3 is 4.42 Å². The second-order valence-electron chi connectivity index (χ2n) is 3.96. The molecule has 0 saturated carbocycles. The van der Waals surface area contributed by atoms with Crippen molar-refractivity contribution in [3.8, 4) is 0 Å². The minimum absolute atomic E-state index is 0.0901. The van der Waals surface area contributed by atoms with Crippen LogP contribution in [0.15, 0.2) is 34.7 Å². The van der Waals surface area contributed by atoms with Gasteiger partial charge in [-0.1, -0.05) is 18.2 Å². The molecule has 0 fully saturated rings. The Morgan fingerprint density at radius 3 is 2.61 bits per heavy atom. The number of furan rings is 1. The van der Waals surface area contributed by atoms with Gasteiger partial charge in [-0.25, -0.2) is 0 Å². The summed E-state index contributed by atoms with van der Waals surface area (Å²) in [6.07, 6.45) is -0.198. The zero-order valence-electron chi connectivity index (χ0n) is 9.91. The van der Waals surface area contributed by atoms with Gasteiger partial charge in [-0.2, -0.15) is 8.42 Å². The number of rotatable bonds is 4. The van der Waals surface area contributed by atoms with Gasteiger partial charge in [-0.05, 0) is 19.1 Å². The Labute approximate surface area is 104 Å². The van der Waals surface area contributed by atoms with Gasteiger partial charge in [0, 0.05) is 5.39 Å². The molecule has 1 aromatic carbocycles. The summed E-state index contributed by atoms with van der Waals surface area (Å²) in [6.45, 7) is 1.37. The molecule has 0 bridgehead atoms. The molecule has 96 valence electrons. The van der Waals surface area contributed by atoms with E-state index in [0.717, 1.165) is 11.6 Å². The highest BCUT2D eigenvalue weighted by atomic mass is 32.2. The van der Waals surface area contributed by atoms with Crippen LogP contribution in [0.25, 0.3) is 11.0 Å². The normalized spacial score (nSPS) is 13.7. The Balaban J connectivity index is 2.28. The summed E-state index contributed by atoms with van der Waals surface area (Å²) in [7, 11) is -3.67. The molecule has 0 unspecified atom stereocenters. The van der Waals surface area contributed by atoms with E-state index in [2.05, 4.69) is 4.18 Å². The number of hydrogen-bond donors (Lipinski definition) is 0. The number of Topliss-reactive ketones (excluding diaryl/α,β-unsaturated/α-hetero) is 1. The molecule has 1 heterocycles. The second-order valence-corrected chi connectivity index (χ2v) is 5.56. The lowest BCUT2D eigenvalue weighted by atomic mass is 10.2. The molecule has 5 nitrogen and oxygen atoms in total. The highest BCUT2D eigenvalue weighted by Crippen LogP contribution is 2.20. The Kier molecular flexibility index (Phi) is 3.23. The lowest BCUT2D eigenvalue weighted by Gasteiger charge is -2.07. The van der Waals surface area contributed by atoms with E-state index >= 15 is 0 Å². The smallest absolute Gasteiger partial charge is 0.265 e. The molecule has 2 rings (SSSR count). The molecule has 6 heteroatoms. The van der Waals surface area contributed by atoms with Crippen LogP contribution in [0, 0.1) is 0 Å². The molecule has 1 aromatic heterocycles. The molecule has 18 heavy (non-hydrogen) atoms. The molecule has 0 amide bonds. The van der Waals surface area contributed by atoms with E-state index in [1.54, 1.807) is 24.3 Å². The lowest BCUT2D eigenvalue weighted by molar-refractivity contribution is 0.0800. The van der Waals surface area contributed by atoms with Crippen molar-refractivity contribution in [2.75, 3.05) is 6.26 Å². The molecule has 2 aromatic rings. The van der Waals surface area contributed by atoms with E-state index in [1.807, 2.05) is 6.07 Å². The summed E-state index contributed by atoms with van der Waals surface area (Å²) in [4.78, 5) is 11.9. The first-order valence-electron chi connectivity index (χ1n) is 5.28. The molecule has 1 atom stereocenters. The van der Waals surface area contributed by atoms with Gasteiger partial charge in [0.05, 0.1) is 6.26 Å². The SMILES string of the molecule is C[C@H](OS(C)(=O)=O)C(=O)c1cc2ccccc2o1. The molecule has 0 aliphatic rings. The molecule has 0 aliphatic carbocycles. The van der Waals surface area contributed by atoms with E-state index in [-0.39, 0.29) is 5.76 Å². The van der Waals surface area contributed by atoms with Crippen molar-refractivity contribution in [2.45, 2.75) is 13.0 Å². The van der Waals surface area contributed by atoms with E-state index < -0.39 is 22.0 Å². The third-order valence-electron chi connectivity index (χ3n) is 2.36. The van der Waals surface area contributed by atoms with E-state index in [9.17, 15) is 13.2 Å². The van der Waals surface area contributed by atoms with Gasteiger partial charge in [-0.15, -0.1) is 0 Å². The molecule has 0 aliphatic heterocycles. The number of benzene rings is 1. The van der Waals surface area contributed by atoms with Gasteiger partial charge in [0.1, 0.15) is 11.7 Å². The molecule has 0 saturated heterocycles. The largest absolute Gasteiger partial charge is 0.453 e. The number of ketones is 1. The van der Waals surface area contributed by atoms with Crippen LogP contribution >= 0.6 is 0 Å². The maximum absolute atomic E-state index is 11.9. The number of hydrogen-bond acceptors (Lipinski definition) is 5. The summed E-state index contributed by atoms with van der Waals surface area (Å²) >= 11 is 0. The van der Waals surface area contributed by atoms with Crippen molar-refractivity contribution in [1.29, 1.82) is 0 Å². The Morgan fingerprint density at radius 2 is 2.00 bits per heavy atom.